The molecule has 1 atom stereocenters. The molecule has 1 aliphatic rings. The summed E-state index contributed by atoms with van der Waals surface area (Å²) in [6, 6.07) is 3.77. The molecule has 0 aliphatic carbocycles. The van der Waals surface area contributed by atoms with Gasteiger partial charge in [-0.05, 0) is 17.5 Å². The Labute approximate surface area is 103 Å². The molecule has 2 rings (SSSR count). The van der Waals surface area contributed by atoms with Gasteiger partial charge in [0.25, 0.3) is 0 Å². The predicted molar refractivity (Wildman–Crippen MR) is 70.0 cm³/mol. The molecule has 1 aromatic rings. The van der Waals surface area contributed by atoms with E-state index in [2.05, 4.69) is 23.7 Å². The number of aromatic nitrogens is 1. The molecule has 0 bridgehead atoms. The summed E-state index contributed by atoms with van der Waals surface area (Å²) in [5.41, 5.74) is 6.96. The lowest BCUT2D eigenvalue weighted by atomic mass is 9.83. The summed E-state index contributed by atoms with van der Waals surface area (Å²) in [6.45, 7) is 7.27. The minimum absolute atomic E-state index is 0.236. The number of nitrogens with two attached hydrogens (primary N) is 1. The van der Waals surface area contributed by atoms with Crippen molar-refractivity contribution in [3.8, 4) is 0 Å². The van der Waals surface area contributed by atoms with Crippen molar-refractivity contribution in [1.29, 1.82) is 0 Å². The van der Waals surface area contributed by atoms with E-state index in [-0.39, 0.29) is 5.41 Å². The van der Waals surface area contributed by atoms with E-state index in [0.29, 0.717) is 5.92 Å². The lowest BCUT2D eigenvalue weighted by Gasteiger charge is -2.24. The van der Waals surface area contributed by atoms with E-state index in [4.69, 9.17) is 10.5 Å². The highest BCUT2D eigenvalue weighted by molar-refractivity contribution is 5.62. The van der Waals surface area contributed by atoms with Gasteiger partial charge in [-0.1, -0.05) is 13.8 Å². The number of nitrogen functional groups attached to an aromatic ring is 1. The van der Waals surface area contributed by atoms with E-state index in [9.17, 15) is 0 Å². The molecule has 0 spiro atoms. The Bertz CT molecular complexity index is 392. The first-order valence-electron chi connectivity index (χ1n) is 5.99. The topological polar surface area (TPSA) is 51.4 Å². The number of pyridine rings is 1. The Kier molecular flexibility index (Phi) is 3.24. The molecule has 1 aliphatic heterocycles. The van der Waals surface area contributed by atoms with Crippen LogP contribution < -0.4 is 10.6 Å². The maximum atomic E-state index is 5.97. The standard InChI is InChI=1S/C13H21N3O/c1-13(2)9-16(7-10(13)8-17-3)12-11(14)5-4-6-15-12/h4-6,10H,7-9,14H2,1-3H3/t10-/m0/s1. The molecule has 4 nitrogen and oxygen atoms in total. The van der Waals surface area contributed by atoms with Gasteiger partial charge in [0.1, 0.15) is 0 Å². The predicted octanol–water partition coefficient (Wildman–Crippen LogP) is 1.77. The second-order valence-corrected chi connectivity index (χ2v) is 5.44. The third kappa shape index (κ3) is 2.36. The smallest absolute Gasteiger partial charge is 0.151 e. The Balaban J connectivity index is 2.18. The number of anilines is 2. The van der Waals surface area contributed by atoms with Crippen molar-refractivity contribution < 1.29 is 4.74 Å². The second-order valence-electron chi connectivity index (χ2n) is 5.44. The van der Waals surface area contributed by atoms with Gasteiger partial charge in [-0.2, -0.15) is 0 Å². The van der Waals surface area contributed by atoms with Crippen LogP contribution >= 0.6 is 0 Å². The van der Waals surface area contributed by atoms with Crippen LogP contribution in [0.5, 0.6) is 0 Å². The quantitative estimate of drug-likeness (QED) is 0.867. The Morgan fingerprint density at radius 2 is 2.35 bits per heavy atom. The van der Waals surface area contributed by atoms with Crippen molar-refractivity contribution in [1.82, 2.24) is 4.98 Å². The van der Waals surface area contributed by atoms with Crippen LogP contribution in [-0.4, -0.2) is 31.8 Å². The van der Waals surface area contributed by atoms with E-state index >= 15 is 0 Å². The van der Waals surface area contributed by atoms with E-state index in [0.717, 1.165) is 31.2 Å². The Morgan fingerprint density at radius 3 is 3.00 bits per heavy atom. The fraction of sp³-hybridized carbons (Fsp3) is 0.615. The first-order valence-corrected chi connectivity index (χ1v) is 5.99. The third-order valence-corrected chi connectivity index (χ3v) is 3.63. The highest BCUT2D eigenvalue weighted by Gasteiger charge is 2.40. The summed E-state index contributed by atoms with van der Waals surface area (Å²) in [7, 11) is 1.76. The van der Waals surface area contributed by atoms with Crippen molar-refractivity contribution in [3.63, 3.8) is 0 Å². The monoisotopic (exact) mass is 235 g/mol. The average Bonchev–Trinajstić information content (AvgIpc) is 2.56. The summed E-state index contributed by atoms with van der Waals surface area (Å²) in [6.07, 6.45) is 1.79. The van der Waals surface area contributed by atoms with E-state index in [1.807, 2.05) is 12.1 Å². The van der Waals surface area contributed by atoms with Gasteiger partial charge in [-0.15, -0.1) is 0 Å². The van der Waals surface area contributed by atoms with Crippen LogP contribution in [0.15, 0.2) is 18.3 Å². The van der Waals surface area contributed by atoms with Crippen molar-refractivity contribution in [3.05, 3.63) is 18.3 Å². The number of rotatable bonds is 3. The molecule has 0 unspecified atom stereocenters. The van der Waals surface area contributed by atoms with E-state index in [1.165, 1.54) is 0 Å². The van der Waals surface area contributed by atoms with Crippen LogP contribution in [-0.2, 0) is 4.74 Å². The molecule has 2 heterocycles. The number of nitrogens with zero attached hydrogens (tertiary/aromatic N) is 2. The van der Waals surface area contributed by atoms with Crippen molar-refractivity contribution >= 4 is 11.5 Å². The molecule has 4 heteroatoms. The van der Waals surface area contributed by atoms with Gasteiger partial charge in [-0.25, -0.2) is 4.98 Å². The fourth-order valence-corrected chi connectivity index (χ4v) is 2.51. The maximum Gasteiger partial charge on any atom is 0.151 e. The molecule has 0 aromatic carbocycles. The van der Waals surface area contributed by atoms with Gasteiger partial charge in [0.15, 0.2) is 5.82 Å². The summed E-state index contributed by atoms with van der Waals surface area (Å²) in [5, 5.41) is 0. The lowest BCUT2D eigenvalue weighted by molar-refractivity contribution is 0.112. The van der Waals surface area contributed by atoms with Gasteiger partial charge in [0.05, 0.1) is 12.3 Å². The zero-order valence-electron chi connectivity index (χ0n) is 10.8. The Morgan fingerprint density at radius 1 is 1.59 bits per heavy atom. The third-order valence-electron chi connectivity index (χ3n) is 3.63. The molecule has 94 valence electrons. The van der Waals surface area contributed by atoms with Gasteiger partial charge in [0, 0.05) is 32.3 Å². The zero-order chi connectivity index (χ0) is 12.5. The van der Waals surface area contributed by atoms with Crippen LogP contribution in [0.25, 0.3) is 0 Å². The first kappa shape index (κ1) is 12.2. The molecule has 1 aromatic heterocycles. The number of ether oxygens (including phenoxy) is 1. The normalized spacial score (nSPS) is 23.0. The molecule has 0 radical (unpaired) electrons. The zero-order valence-corrected chi connectivity index (χ0v) is 10.8. The molecule has 0 amide bonds. The maximum absolute atomic E-state index is 5.97. The summed E-state index contributed by atoms with van der Waals surface area (Å²) >= 11 is 0. The van der Waals surface area contributed by atoms with Gasteiger partial charge >= 0.3 is 0 Å². The highest BCUT2D eigenvalue weighted by Crippen LogP contribution is 2.38. The van der Waals surface area contributed by atoms with Crippen molar-refractivity contribution in [2.24, 2.45) is 11.3 Å². The second kappa shape index (κ2) is 4.53. The van der Waals surface area contributed by atoms with Crippen molar-refractivity contribution in [2.45, 2.75) is 13.8 Å². The van der Waals surface area contributed by atoms with Crippen LogP contribution in [0, 0.1) is 11.3 Å². The fourth-order valence-electron chi connectivity index (χ4n) is 2.51. The summed E-state index contributed by atoms with van der Waals surface area (Å²) in [4.78, 5) is 6.64. The molecular formula is C13H21N3O. The molecular weight excluding hydrogens is 214 g/mol. The minimum atomic E-state index is 0.236. The van der Waals surface area contributed by atoms with E-state index < -0.39 is 0 Å². The average molecular weight is 235 g/mol. The number of hydrogen-bond donors (Lipinski definition) is 1. The SMILES string of the molecule is COC[C@@H]1CN(c2ncccc2N)CC1(C)C. The molecule has 1 fully saturated rings. The lowest BCUT2D eigenvalue weighted by Crippen LogP contribution is -2.26. The van der Waals surface area contributed by atoms with Gasteiger partial charge < -0.3 is 15.4 Å². The van der Waals surface area contributed by atoms with Crippen LogP contribution in [0.1, 0.15) is 13.8 Å². The highest BCUT2D eigenvalue weighted by atomic mass is 16.5. The Hall–Kier alpha value is -1.29. The first-order chi connectivity index (χ1) is 8.04. The number of hydrogen-bond acceptors (Lipinski definition) is 4. The van der Waals surface area contributed by atoms with Crippen LogP contribution in [0.4, 0.5) is 11.5 Å². The van der Waals surface area contributed by atoms with E-state index in [1.54, 1.807) is 13.3 Å². The van der Waals surface area contributed by atoms with Crippen LogP contribution in [0.3, 0.4) is 0 Å². The van der Waals surface area contributed by atoms with Gasteiger partial charge in [-0.3, -0.25) is 0 Å². The number of methoxy groups -OCH3 is 1. The van der Waals surface area contributed by atoms with Crippen molar-refractivity contribution in [2.75, 3.05) is 37.4 Å². The molecule has 17 heavy (non-hydrogen) atoms. The van der Waals surface area contributed by atoms with Gasteiger partial charge in [0.2, 0.25) is 0 Å². The summed E-state index contributed by atoms with van der Waals surface area (Å²) < 4.78 is 5.30. The molecule has 0 saturated carbocycles. The minimum Gasteiger partial charge on any atom is -0.396 e. The largest absolute Gasteiger partial charge is 0.396 e. The van der Waals surface area contributed by atoms with Crippen LogP contribution in [0.2, 0.25) is 0 Å². The summed E-state index contributed by atoms with van der Waals surface area (Å²) in [5.74, 6) is 1.42. The molecule has 1 saturated heterocycles. The molecule has 2 N–H and O–H groups in total.